The highest BCUT2D eigenvalue weighted by molar-refractivity contribution is 7.99. The maximum Gasteiger partial charge on any atom is 0.265 e. The average molecular weight is 392 g/mol. The first kappa shape index (κ1) is 20.0. The highest BCUT2D eigenvalue weighted by Crippen LogP contribution is 2.33. The lowest BCUT2D eigenvalue weighted by Gasteiger charge is -2.20. The SMILES string of the molecule is CC[C@H](Oc1cccc(C)c1C)C(=O)Nc1ccccc1Sc1ccccc1. The molecule has 1 amide bonds. The van der Waals surface area contributed by atoms with Gasteiger partial charge in [0.1, 0.15) is 5.75 Å². The summed E-state index contributed by atoms with van der Waals surface area (Å²) in [5.41, 5.74) is 3.01. The topological polar surface area (TPSA) is 38.3 Å². The molecule has 0 saturated heterocycles. The normalized spacial score (nSPS) is 11.7. The first-order chi connectivity index (χ1) is 13.6. The number of para-hydroxylation sites is 1. The number of nitrogens with one attached hydrogen (secondary N) is 1. The number of aryl methyl sites for hydroxylation is 1. The lowest BCUT2D eigenvalue weighted by Crippen LogP contribution is -2.32. The van der Waals surface area contributed by atoms with Crippen molar-refractivity contribution in [2.45, 2.75) is 43.1 Å². The summed E-state index contributed by atoms with van der Waals surface area (Å²) in [6.45, 7) is 6.02. The molecule has 0 aliphatic carbocycles. The zero-order valence-corrected chi connectivity index (χ0v) is 17.3. The van der Waals surface area contributed by atoms with Crippen LogP contribution in [0.25, 0.3) is 0 Å². The zero-order chi connectivity index (χ0) is 19.9. The minimum atomic E-state index is -0.546. The van der Waals surface area contributed by atoms with Gasteiger partial charge in [-0.25, -0.2) is 0 Å². The third-order valence-corrected chi connectivity index (χ3v) is 5.69. The molecule has 0 fully saturated rings. The predicted octanol–water partition coefficient (Wildman–Crippen LogP) is 6.25. The third-order valence-electron chi connectivity index (χ3n) is 4.60. The zero-order valence-electron chi connectivity index (χ0n) is 16.4. The van der Waals surface area contributed by atoms with Crippen molar-refractivity contribution in [3.8, 4) is 5.75 Å². The van der Waals surface area contributed by atoms with Gasteiger partial charge in [0.25, 0.3) is 5.91 Å². The summed E-state index contributed by atoms with van der Waals surface area (Å²) in [7, 11) is 0. The molecule has 0 unspecified atom stereocenters. The molecule has 144 valence electrons. The molecule has 3 aromatic carbocycles. The molecule has 1 N–H and O–H groups in total. The number of carbonyl (C=O) groups is 1. The molecular weight excluding hydrogens is 366 g/mol. The van der Waals surface area contributed by atoms with Crippen molar-refractivity contribution >= 4 is 23.4 Å². The Morgan fingerprint density at radius 2 is 1.68 bits per heavy atom. The predicted molar refractivity (Wildman–Crippen MR) is 116 cm³/mol. The number of hydrogen-bond donors (Lipinski definition) is 1. The van der Waals surface area contributed by atoms with Gasteiger partial charge in [-0.2, -0.15) is 0 Å². The number of carbonyl (C=O) groups excluding carboxylic acids is 1. The summed E-state index contributed by atoms with van der Waals surface area (Å²) >= 11 is 1.63. The number of ether oxygens (including phenoxy) is 1. The standard InChI is InChI=1S/C24H25NO2S/c1-4-21(27-22-15-10-11-17(2)18(22)3)24(26)25-20-14-8-9-16-23(20)28-19-12-6-5-7-13-19/h5-16,21H,4H2,1-3H3,(H,25,26)/t21-/m0/s1. The first-order valence-electron chi connectivity index (χ1n) is 9.44. The van der Waals surface area contributed by atoms with Gasteiger partial charge in [0.05, 0.1) is 5.69 Å². The van der Waals surface area contributed by atoms with Gasteiger partial charge < -0.3 is 10.1 Å². The van der Waals surface area contributed by atoms with Crippen molar-refractivity contribution in [1.82, 2.24) is 0 Å². The van der Waals surface area contributed by atoms with E-state index in [1.54, 1.807) is 11.8 Å². The van der Waals surface area contributed by atoms with Gasteiger partial charge in [-0.15, -0.1) is 0 Å². The van der Waals surface area contributed by atoms with Crippen LogP contribution in [0.1, 0.15) is 24.5 Å². The highest BCUT2D eigenvalue weighted by Gasteiger charge is 2.20. The summed E-state index contributed by atoms with van der Waals surface area (Å²) in [4.78, 5) is 15.0. The summed E-state index contributed by atoms with van der Waals surface area (Å²) < 4.78 is 6.05. The van der Waals surface area contributed by atoms with Gasteiger partial charge in [0.2, 0.25) is 0 Å². The molecule has 0 bridgehead atoms. The Bertz CT molecular complexity index is 940. The number of anilines is 1. The molecule has 1 atom stereocenters. The van der Waals surface area contributed by atoms with Crippen molar-refractivity contribution in [3.05, 3.63) is 83.9 Å². The van der Waals surface area contributed by atoms with E-state index in [0.29, 0.717) is 6.42 Å². The highest BCUT2D eigenvalue weighted by atomic mass is 32.2. The number of benzene rings is 3. The number of hydrogen-bond acceptors (Lipinski definition) is 3. The number of rotatable bonds is 7. The summed E-state index contributed by atoms with van der Waals surface area (Å²) in [6, 6.07) is 23.9. The monoisotopic (exact) mass is 391 g/mol. The lowest BCUT2D eigenvalue weighted by molar-refractivity contribution is -0.122. The molecule has 0 radical (unpaired) electrons. The van der Waals surface area contributed by atoms with Crippen molar-refractivity contribution < 1.29 is 9.53 Å². The number of amides is 1. The summed E-state index contributed by atoms with van der Waals surface area (Å²) in [5.74, 6) is 0.624. The molecular formula is C24H25NO2S. The van der Waals surface area contributed by atoms with Crippen LogP contribution in [0.4, 0.5) is 5.69 Å². The quantitative estimate of drug-likeness (QED) is 0.517. The van der Waals surface area contributed by atoms with Gasteiger partial charge in [-0.1, -0.05) is 61.2 Å². The van der Waals surface area contributed by atoms with Crippen molar-refractivity contribution in [1.29, 1.82) is 0 Å². The maximum atomic E-state index is 12.9. The molecule has 3 aromatic rings. The average Bonchev–Trinajstić information content (AvgIpc) is 2.71. The van der Waals surface area contributed by atoms with Gasteiger partial charge in [0, 0.05) is 9.79 Å². The Hall–Kier alpha value is -2.72. The molecule has 0 aliphatic rings. The van der Waals surface area contributed by atoms with E-state index in [0.717, 1.165) is 32.4 Å². The second kappa shape index (κ2) is 9.47. The van der Waals surface area contributed by atoms with Crippen LogP contribution in [0.5, 0.6) is 5.75 Å². The van der Waals surface area contributed by atoms with E-state index in [1.807, 2.05) is 81.4 Å². The van der Waals surface area contributed by atoms with E-state index in [-0.39, 0.29) is 5.91 Å². The van der Waals surface area contributed by atoms with Gasteiger partial charge >= 0.3 is 0 Å². The Morgan fingerprint density at radius 3 is 2.43 bits per heavy atom. The second-order valence-electron chi connectivity index (χ2n) is 6.61. The second-order valence-corrected chi connectivity index (χ2v) is 7.73. The molecule has 3 nitrogen and oxygen atoms in total. The van der Waals surface area contributed by atoms with Crippen molar-refractivity contribution in [2.24, 2.45) is 0 Å². The van der Waals surface area contributed by atoms with E-state index >= 15 is 0 Å². The van der Waals surface area contributed by atoms with E-state index in [1.165, 1.54) is 0 Å². The van der Waals surface area contributed by atoms with E-state index in [2.05, 4.69) is 17.4 Å². The fraction of sp³-hybridized carbons (Fsp3) is 0.208. The molecule has 0 heterocycles. The Kier molecular flexibility index (Phi) is 6.77. The fourth-order valence-electron chi connectivity index (χ4n) is 2.81. The van der Waals surface area contributed by atoms with Gasteiger partial charge in [-0.3, -0.25) is 4.79 Å². The maximum absolute atomic E-state index is 12.9. The lowest BCUT2D eigenvalue weighted by atomic mass is 10.1. The molecule has 4 heteroatoms. The molecule has 0 aliphatic heterocycles. The first-order valence-corrected chi connectivity index (χ1v) is 10.3. The fourth-order valence-corrected chi connectivity index (χ4v) is 3.74. The minimum absolute atomic E-state index is 0.135. The van der Waals surface area contributed by atoms with Crippen molar-refractivity contribution in [2.75, 3.05) is 5.32 Å². The third kappa shape index (κ3) is 4.96. The van der Waals surface area contributed by atoms with Crippen LogP contribution < -0.4 is 10.1 Å². The van der Waals surface area contributed by atoms with E-state index in [4.69, 9.17) is 4.74 Å². The van der Waals surface area contributed by atoms with Gasteiger partial charge in [0.15, 0.2) is 6.10 Å². The summed E-state index contributed by atoms with van der Waals surface area (Å²) in [5, 5.41) is 3.05. The Labute approximate surface area is 171 Å². The minimum Gasteiger partial charge on any atom is -0.480 e. The van der Waals surface area contributed by atoms with Gasteiger partial charge in [-0.05, 0) is 61.7 Å². The van der Waals surface area contributed by atoms with E-state index < -0.39 is 6.10 Å². The van der Waals surface area contributed by atoms with Crippen LogP contribution >= 0.6 is 11.8 Å². The molecule has 0 aromatic heterocycles. The van der Waals surface area contributed by atoms with Crippen molar-refractivity contribution in [3.63, 3.8) is 0 Å². The van der Waals surface area contributed by atoms with Crippen LogP contribution in [0, 0.1) is 13.8 Å². The van der Waals surface area contributed by atoms with Crippen LogP contribution in [-0.2, 0) is 4.79 Å². The summed E-state index contributed by atoms with van der Waals surface area (Å²) in [6.07, 6.45) is 0.0445. The molecule has 0 saturated carbocycles. The molecule has 3 rings (SSSR count). The van der Waals surface area contributed by atoms with Crippen LogP contribution in [0.2, 0.25) is 0 Å². The Balaban J connectivity index is 1.75. The van der Waals surface area contributed by atoms with Crippen LogP contribution in [0.15, 0.2) is 82.6 Å². The van der Waals surface area contributed by atoms with Crippen LogP contribution in [-0.4, -0.2) is 12.0 Å². The van der Waals surface area contributed by atoms with E-state index in [9.17, 15) is 4.79 Å². The largest absolute Gasteiger partial charge is 0.480 e. The van der Waals surface area contributed by atoms with Crippen LogP contribution in [0.3, 0.4) is 0 Å². The Morgan fingerprint density at radius 1 is 0.964 bits per heavy atom. The molecule has 0 spiro atoms. The molecule has 28 heavy (non-hydrogen) atoms. The smallest absolute Gasteiger partial charge is 0.265 e.